The average Bonchev–Trinajstić information content (AvgIpc) is 3.38. The quantitative estimate of drug-likeness (QED) is 0.903. The molecule has 2 saturated carbocycles. The van der Waals surface area contributed by atoms with Gasteiger partial charge in [-0.05, 0) is 37.2 Å². The first-order chi connectivity index (χ1) is 10.3. The molecule has 0 heterocycles. The van der Waals surface area contributed by atoms with E-state index in [-0.39, 0.29) is 5.91 Å². The molecule has 1 atom stereocenters. The number of hydrogen-bond acceptors (Lipinski definition) is 2. The Labute approximate surface area is 127 Å². The van der Waals surface area contributed by atoms with Crippen molar-refractivity contribution in [3.8, 4) is 0 Å². The third kappa shape index (κ3) is 3.65. The minimum absolute atomic E-state index is 0.120. The van der Waals surface area contributed by atoms with Crippen molar-refractivity contribution >= 4 is 5.91 Å². The zero-order valence-corrected chi connectivity index (χ0v) is 12.7. The van der Waals surface area contributed by atoms with Crippen LogP contribution in [0.15, 0.2) is 30.3 Å². The molecule has 0 unspecified atom stereocenters. The molecule has 0 aliphatic heterocycles. The van der Waals surface area contributed by atoms with E-state index in [1.165, 1.54) is 32.1 Å². The second kappa shape index (κ2) is 6.61. The molecule has 0 aromatic heterocycles. The third-order valence-electron chi connectivity index (χ3n) is 4.88. The first kappa shape index (κ1) is 14.6. The van der Waals surface area contributed by atoms with Gasteiger partial charge < -0.3 is 10.6 Å². The first-order valence-corrected chi connectivity index (χ1v) is 8.36. The van der Waals surface area contributed by atoms with Crippen LogP contribution in [-0.2, 0) is 4.79 Å². The molecule has 3 nitrogen and oxygen atoms in total. The van der Waals surface area contributed by atoms with E-state index >= 15 is 0 Å². The number of nitrogens with zero attached hydrogens (tertiary/aromatic N) is 1. The highest BCUT2D eigenvalue weighted by Crippen LogP contribution is 2.32. The lowest BCUT2D eigenvalue weighted by molar-refractivity contribution is -0.134. The summed E-state index contributed by atoms with van der Waals surface area (Å²) in [7, 11) is 0. The Kier molecular flexibility index (Phi) is 4.59. The van der Waals surface area contributed by atoms with Crippen molar-refractivity contribution in [1.29, 1.82) is 0 Å². The summed E-state index contributed by atoms with van der Waals surface area (Å²) < 4.78 is 0. The molecule has 0 spiro atoms. The lowest BCUT2D eigenvalue weighted by atomic mass is 9.88. The Hall–Kier alpha value is -1.35. The van der Waals surface area contributed by atoms with E-state index in [9.17, 15) is 4.79 Å². The normalized spacial score (nSPS) is 21.0. The van der Waals surface area contributed by atoms with Gasteiger partial charge in [-0.1, -0.05) is 49.6 Å². The summed E-state index contributed by atoms with van der Waals surface area (Å²) in [6.45, 7) is 0.921. The van der Waals surface area contributed by atoms with E-state index in [1.807, 2.05) is 30.3 Å². The van der Waals surface area contributed by atoms with Crippen LogP contribution >= 0.6 is 0 Å². The van der Waals surface area contributed by atoms with E-state index in [2.05, 4.69) is 4.90 Å². The van der Waals surface area contributed by atoms with Crippen molar-refractivity contribution in [2.24, 2.45) is 11.7 Å². The van der Waals surface area contributed by atoms with Gasteiger partial charge in [0.05, 0.1) is 0 Å². The summed E-state index contributed by atoms with van der Waals surface area (Å²) in [6, 6.07) is 9.71. The molecule has 21 heavy (non-hydrogen) atoms. The maximum atomic E-state index is 12.8. The monoisotopic (exact) mass is 286 g/mol. The summed E-state index contributed by atoms with van der Waals surface area (Å²) in [5.41, 5.74) is 7.15. The van der Waals surface area contributed by atoms with Gasteiger partial charge in [0.15, 0.2) is 0 Å². The lowest BCUT2D eigenvalue weighted by Gasteiger charge is -2.31. The van der Waals surface area contributed by atoms with Crippen molar-refractivity contribution in [3.63, 3.8) is 0 Å². The standard InChI is InChI=1S/C18H26N2O/c19-17(15-9-5-2-6-10-15)18(21)20(16-11-12-16)13-14-7-3-1-4-8-14/h2,5-6,9-10,14,16-17H,1,3-4,7-8,11-13,19H2/t17-/m0/s1. The van der Waals surface area contributed by atoms with Crippen LogP contribution in [0.5, 0.6) is 0 Å². The van der Waals surface area contributed by atoms with Crippen LogP contribution in [-0.4, -0.2) is 23.4 Å². The number of carbonyl (C=O) groups excluding carboxylic acids is 1. The lowest BCUT2D eigenvalue weighted by Crippen LogP contribution is -2.43. The van der Waals surface area contributed by atoms with Crippen molar-refractivity contribution < 1.29 is 4.79 Å². The van der Waals surface area contributed by atoms with Crippen LogP contribution < -0.4 is 5.73 Å². The summed E-state index contributed by atoms with van der Waals surface area (Å²) in [4.78, 5) is 14.9. The molecule has 1 amide bonds. The van der Waals surface area contributed by atoms with Crippen LogP contribution in [0.1, 0.15) is 56.6 Å². The largest absolute Gasteiger partial charge is 0.338 e. The second-order valence-corrected chi connectivity index (χ2v) is 6.61. The zero-order chi connectivity index (χ0) is 14.7. The van der Waals surface area contributed by atoms with Gasteiger partial charge in [0, 0.05) is 12.6 Å². The molecular formula is C18H26N2O. The van der Waals surface area contributed by atoms with E-state index in [1.54, 1.807) is 0 Å². The summed E-state index contributed by atoms with van der Waals surface area (Å²) in [5, 5.41) is 0. The predicted octanol–water partition coefficient (Wildman–Crippen LogP) is 3.26. The van der Waals surface area contributed by atoms with Gasteiger partial charge in [0.2, 0.25) is 5.91 Å². The highest BCUT2D eigenvalue weighted by atomic mass is 16.2. The zero-order valence-electron chi connectivity index (χ0n) is 12.7. The fraction of sp³-hybridized carbons (Fsp3) is 0.611. The number of benzene rings is 1. The molecular weight excluding hydrogens is 260 g/mol. The van der Waals surface area contributed by atoms with E-state index < -0.39 is 6.04 Å². The van der Waals surface area contributed by atoms with Gasteiger partial charge >= 0.3 is 0 Å². The second-order valence-electron chi connectivity index (χ2n) is 6.61. The number of rotatable bonds is 5. The summed E-state index contributed by atoms with van der Waals surface area (Å²) >= 11 is 0. The van der Waals surface area contributed by atoms with E-state index in [0.29, 0.717) is 12.0 Å². The molecule has 0 radical (unpaired) electrons. The summed E-state index contributed by atoms with van der Waals surface area (Å²) in [6.07, 6.45) is 8.86. The number of hydrogen-bond donors (Lipinski definition) is 1. The summed E-state index contributed by atoms with van der Waals surface area (Å²) in [5.74, 6) is 0.806. The number of nitrogens with two attached hydrogens (primary N) is 1. The number of amides is 1. The third-order valence-corrected chi connectivity index (χ3v) is 4.88. The van der Waals surface area contributed by atoms with Crippen molar-refractivity contribution in [1.82, 2.24) is 4.90 Å². The first-order valence-electron chi connectivity index (χ1n) is 8.36. The Bertz CT molecular complexity index is 463. The van der Waals surface area contributed by atoms with Crippen molar-refractivity contribution in [3.05, 3.63) is 35.9 Å². The Morgan fingerprint density at radius 1 is 1.10 bits per heavy atom. The highest BCUT2D eigenvalue weighted by molar-refractivity contribution is 5.83. The fourth-order valence-corrected chi connectivity index (χ4v) is 3.43. The minimum atomic E-state index is -0.504. The highest BCUT2D eigenvalue weighted by Gasteiger charge is 2.36. The van der Waals surface area contributed by atoms with Crippen molar-refractivity contribution in [2.45, 2.75) is 57.0 Å². The van der Waals surface area contributed by atoms with Gasteiger partial charge in [-0.2, -0.15) is 0 Å². The smallest absolute Gasteiger partial charge is 0.244 e. The van der Waals surface area contributed by atoms with Crippen LogP contribution in [0.3, 0.4) is 0 Å². The maximum Gasteiger partial charge on any atom is 0.244 e. The molecule has 3 heteroatoms. The van der Waals surface area contributed by atoms with Gasteiger partial charge in [-0.3, -0.25) is 4.79 Å². The minimum Gasteiger partial charge on any atom is -0.338 e. The molecule has 1 aromatic rings. The van der Waals surface area contributed by atoms with Crippen LogP contribution in [0, 0.1) is 5.92 Å². The van der Waals surface area contributed by atoms with Gasteiger partial charge in [0.1, 0.15) is 6.04 Å². The van der Waals surface area contributed by atoms with Crippen molar-refractivity contribution in [2.75, 3.05) is 6.54 Å². The molecule has 2 N–H and O–H groups in total. The number of carbonyl (C=O) groups is 1. The molecule has 3 rings (SSSR count). The Morgan fingerprint density at radius 3 is 2.38 bits per heavy atom. The Balaban J connectivity index is 1.66. The topological polar surface area (TPSA) is 46.3 Å². The van der Waals surface area contributed by atoms with Crippen LogP contribution in [0.4, 0.5) is 0 Å². The van der Waals surface area contributed by atoms with Gasteiger partial charge in [0.25, 0.3) is 0 Å². The van der Waals surface area contributed by atoms with E-state index in [0.717, 1.165) is 24.9 Å². The average molecular weight is 286 g/mol. The molecule has 2 aliphatic carbocycles. The molecule has 1 aromatic carbocycles. The fourth-order valence-electron chi connectivity index (χ4n) is 3.43. The Morgan fingerprint density at radius 2 is 1.76 bits per heavy atom. The predicted molar refractivity (Wildman–Crippen MR) is 84.7 cm³/mol. The van der Waals surface area contributed by atoms with Gasteiger partial charge in [-0.25, -0.2) is 0 Å². The molecule has 114 valence electrons. The van der Waals surface area contributed by atoms with E-state index in [4.69, 9.17) is 5.73 Å². The molecule has 2 aliphatic rings. The van der Waals surface area contributed by atoms with Crippen LogP contribution in [0.2, 0.25) is 0 Å². The SMILES string of the molecule is N[C@H](C(=O)N(CC1CCCCC1)C1CC1)c1ccccc1. The molecule has 0 bridgehead atoms. The molecule has 2 fully saturated rings. The maximum absolute atomic E-state index is 12.8. The molecule has 0 saturated heterocycles. The van der Waals surface area contributed by atoms with Gasteiger partial charge in [-0.15, -0.1) is 0 Å². The van der Waals surface area contributed by atoms with Crippen LogP contribution in [0.25, 0.3) is 0 Å².